The first kappa shape index (κ1) is 13.0. The number of aryl methyl sites for hydroxylation is 1. The van der Waals surface area contributed by atoms with E-state index in [-0.39, 0.29) is 11.9 Å². The van der Waals surface area contributed by atoms with Gasteiger partial charge in [-0.05, 0) is 25.3 Å². The van der Waals surface area contributed by atoms with Crippen LogP contribution in [0.5, 0.6) is 0 Å². The molecule has 1 aromatic rings. The number of carbonyl (C=O) groups excluding carboxylic acids is 1. The first-order valence-electron chi connectivity index (χ1n) is 6.51. The molecule has 6 nitrogen and oxygen atoms in total. The van der Waals surface area contributed by atoms with Crippen molar-refractivity contribution in [1.29, 1.82) is 0 Å². The van der Waals surface area contributed by atoms with Crippen LogP contribution in [0.3, 0.4) is 0 Å². The molecule has 1 fully saturated rings. The van der Waals surface area contributed by atoms with E-state index in [9.17, 15) is 4.79 Å². The summed E-state index contributed by atoms with van der Waals surface area (Å²) in [6.07, 6.45) is 4.42. The molecule has 0 aromatic carbocycles. The number of rotatable bonds is 4. The van der Waals surface area contributed by atoms with Gasteiger partial charge in [0.25, 0.3) is 0 Å². The second-order valence-electron chi connectivity index (χ2n) is 5.01. The molecule has 0 radical (unpaired) electrons. The van der Waals surface area contributed by atoms with Crippen LogP contribution in [0.15, 0.2) is 6.33 Å². The van der Waals surface area contributed by atoms with Crippen LogP contribution in [-0.2, 0) is 18.3 Å². The molecule has 0 bridgehead atoms. The van der Waals surface area contributed by atoms with Crippen molar-refractivity contribution in [3.05, 3.63) is 12.2 Å². The molecule has 2 heterocycles. The van der Waals surface area contributed by atoms with E-state index in [0.717, 1.165) is 25.2 Å². The molecule has 0 spiro atoms. The maximum Gasteiger partial charge on any atom is 0.237 e. The second kappa shape index (κ2) is 5.95. The zero-order chi connectivity index (χ0) is 13.0. The fourth-order valence-corrected chi connectivity index (χ4v) is 2.23. The van der Waals surface area contributed by atoms with E-state index in [1.165, 1.54) is 0 Å². The van der Waals surface area contributed by atoms with Crippen LogP contribution in [0.4, 0.5) is 0 Å². The molecule has 2 unspecified atom stereocenters. The van der Waals surface area contributed by atoms with Gasteiger partial charge in [0.15, 0.2) is 5.82 Å². The van der Waals surface area contributed by atoms with Crippen LogP contribution >= 0.6 is 0 Å². The van der Waals surface area contributed by atoms with Gasteiger partial charge < -0.3 is 10.6 Å². The van der Waals surface area contributed by atoms with Crippen molar-refractivity contribution in [3.63, 3.8) is 0 Å². The Balaban J connectivity index is 1.71. The number of nitrogens with zero attached hydrogens (tertiary/aromatic N) is 3. The van der Waals surface area contributed by atoms with Crippen LogP contribution in [-0.4, -0.2) is 39.8 Å². The molecule has 100 valence electrons. The standard InChI is InChI=1S/C12H21N5O/c1-9-3-5-13-10(7-9)12(18)14-6-4-11-15-8-17(2)16-11/h8-10,13H,3-7H2,1-2H3,(H,14,18). The minimum absolute atomic E-state index is 0.0366. The van der Waals surface area contributed by atoms with E-state index in [0.29, 0.717) is 18.9 Å². The largest absolute Gasteiger partial charge is 0.354 e. The summed E-state index contributed by atoms with van der Waals surface area (Å²) in [5.41, 5.74) is 0. The Labute approximate surface area is 107 Å². The van der Waals surface area contributed by atoms with Gasteiger partial charge in [0.2, 0.25) is 5.91 Å². The van der Waals surface area contributed by atoms with Crippen molar-refractivity contribution in [3.8, 4) is 0 Å². The fourth-order valence-electron chi connectivity index (χ4n) is 2.23. The van der Waals surface area contributed by atoms with E-state index in [4.69, 9.17) is 0 Å². The van der Waals surface area contributed by atoms with Crippen LogP contribution in [0.1, 0.15) is 25.6 Å². The molecule has 2 N–H and O–H groups in total. The summed E-state index contributed by atoms with van der Waals surface area (Å²) < 4.78 is 1.67. The number of piperidine rings is 1. The maximum atomic E-state index is 11.9. The SMILES string of the molecule is CC1CCNC(C(=O)NCCc2ncn(C)n2)C1. The van der Waals surface area contributed by atoms with Gasteiger partial charge in [0.05, 0.1) is 6.04 Å². The first-order chi connectivity index (χ1) is 8.65. The van der Waals surface area contributed by atoms with Gasteiger partial charge >= 0.3 is 0 Å². The fraction of sp³-hybridized carbons (Fsp3) is 0.750. The summed E-state index contributed by atoms with van der Waals surface area (Å²) in [5.74, 6) is 1.49. The molecule has 1 saturated heterocycles. The highest BCUT2D eigenvalue weighted by atomic mass is 16.2. The molecular formula is C12H21N5O. The van der Waals surface area contributed by atoms with Gasteiger partial charge in [-0.15, -0.1) is 0 Å². The number of hydrogen-bond acceptors (Lipinski definition) is 4. The zero-order valence-electron chi connectivity index (χ0n) is 11.0. The average Bonchev–Trinajstić information content (AvgIpc) is 2.75. The minimum atomic E-state index is -0.0366. The van der Waals surface area contributed by atoms with Gasteiger partial charge in [-0.2, -0.15) is 5.10 Å². The van der Waals surface area contributed by atoms with E-state index >= 15 is 0 Å². The van der Waals surface area contributed by atoms with Gasteiger partial charge in [-0.3, -0.25) is 9.48 Å². The van der Waals surface area contributed by atoms with E-state index in [1.807, 2.05) is 7.05 Å². The topological polar surface area (TPSA) is 71.8 Å². The third kappa shape index (κ3) is 3.53. The summed E-state index contributed by atoms with van der Waals surface area (Å²) in [6, 6.07) is -0.0366. The lowest BCUT2D eigenvalue weighted by molar-refractivity contribution is -0.124. The predicted octanol–water partition coefficient (Wildman–Crippen LogP) is -0.138. The molecule has 1 aliphatic rings. The van der Waals surface area contributed by atoms with Crippen LogP contribution < -0.4 is 10.6 Å². The quantitative estimate of drug-likeness (QED) is 0.781. The number of aromatic nitrogens is 3. The lowest BCUT2D eigenvalue weighted by Crippen LogP contribution is -2.48. The van der Waals surface area contributed by atoms with Gasteiger partial charge in [0.1, 0.15) is 6.33 Å². The van der Waals surface area contributed by atoms with Crippen molar-refractivity contribution in [1.82, 2.24) is 25.4 Å². The highest BCUT2D eigenvalue weighted by Gasteiger charge is 2.23. The van der Waals surface area contributed by atoms with Gasteiger partial charge in [0, 0.05) is 20.0 Å². The maximum absolute atomic E-state index is 11.9. The molecule has 0 saturated carbocycles. The summed E-state index contributed by atoms with van der Waals surface area (Å²) in [7, 11) is 1.84. The second-order valence-corrected chi connectivity index (χ2v) is 5.01. The molecule has 6 heteroatoms. The van der Waals surface area contributed by atoms with Gasteiger partial charge in [-0.25, -0.2) is 4.98 Å². The van der Waals surface area contributed by atoms with Crippen LogP contribution in [0, 0.1) is 5.92 Å². The number of carbonyl (C=O) groups is 1. The Bertz CT molecular complexity index is 403. The van der Waals surface area contributed by atoms with E-state index in [2.05, 4.69) is 27.6 Å². The Hall–Kier alpha value is -1.43. The van der Waals surface area contributed by atoms with Crippen LogP contribution in [0.25, 0.3) is 0 Å². The monoisotopic (exact) mass is 251 g/mol. The lowest BCUT2D eigenvalue weighted by atomic mass is 9.94. The molecular weight excluding hydrogens is 230 g/mol. The molecule has 0 aliphatic carbocycles. The Morgan fingerprint density at radius 2 is 2.50 bits per heavy atom. The van der Waals surface area contributed by atoms with Crippen molar-refractivity contribution >= 4 is 5.91 Å². The highest BCUT2D eigenvalue weighted by Crippen LogP contribution is 2.14. The summed E-state index contributed by atoms with van der Waals surface area (Å²) in [4.78, 5) is 16.0. The van der Waals surface area contributed by atoms with Crippen molar-refractivity contribution < 1.29 is 4.79 Å². The Morgan fingerprint density at radius 1 is 1.67 bits per heavy atom. The van der Waals surface area contributed by atoms with Gasteiger partial charge in [-0.1, -0.05) is 6.92 Å². The lowest BCUT2D eigenvalue weighted by Gasteiger charge is -2.27. The molecule has 2 atom stereocenters. The highest BCUT2D eigenvalue weighted by molar-refractivity contribution is 5.81. The zero-order valence-corrected chi connectivity index (χ0v) is 11.0. The van der Waals surface area contributed by atoms with Crippen molar-refractivity contribution in [2.75, 3.05) is 13.1 Å². The Morgan fingerprint density at radius 3 is 3.17 bits per heavy atom. The predicted molar refractivity (Wildman–Crippen MR) is 67.9 cm³/mol. The molecule has 2 rings (SSSR count). The number of hydrogen-bond donors (Lipinski definition) is 2. The molecule has 1 aromatic heterocycles. The molecule has 1 aliphatic heterocycles. The van der Waals surface area contributed by atoms with Crippen molar-refractivity contribution in [2.24, 2.45) is 13.0 Å². The van der Waals surface area contributed by atoms with E-state index in [1.54, 1.807) is 11.0 Å². The van der Waals surface area contributed by atoms with Crippen molar-refractivity contribution in [2.45, 2.75) is 32.2 Å². The van der Waals surface area contributed by atoms with E-state index < -0.39 is 0 Å². The summed E-state index contributed by atoms with van der Waals surface area (Å²) in [5, 5.41) is 10.4. The van der Waals surface area contributed by atoms with Crippen LogP contribution in [0.2, 0.25) is 0 Å². The Kier molecular flexibility index (Phi) is 4.30. The smallest absolute Gasteiger partial charge is 0.237 e. The average molecular weight is 251 g/mol. The minimum Gasteiger partial charge on any atom is -0.354 e. The number of amides is 1. The normalized spacial score (nSPS) is 23.9. The molecule has 1 amide bonds. The number of nitrogens with one attached hydrogen (secondary N) is 2. The third-order valence-electron chi connectivity index (χ3n) is 3.28. The first-order valence-corrected chi connectivity index (χ1v) is 6.51. The summed E-state index contributed by atoms with van der Waals surface area (Å²) >= 11 is 0. The summed E-state index contributed by atoms with van der Waals surface area (Å²) in [6.45, 7) is 3.72. The third-order valence-corrected chi connectivity index (χ3v) is 3.28. The molecule has 18 heavy (non-hydrogen) atoms.